The average Bonchev–Trinajstić information content (AvgIpc) is 2.89. The Morgan fingerprint density at radius 3 is 2.72 bits per heavy atom. The molecular formula is C14H20N2O2. The highest BCUT2D eigenvalue weighted by atomic mass is 16.2. The number of carbonyl (C=O) groups is 2. The lowest BCUT2D eigenvalue weighted by Gasteiger charge is -2.23. The predicted octanol–water partition coefficient (Wildman–Crippen LogP) is 1.06. The van der Waals surface area contributed by atoms with Crippen LogP contribution in [0.3, 0.4) is 0 Å². The summed E-state index contributed by atoms with van der Waals surface area (Å²) in [5, 5.41) is 3.16. The molecule has 2 unspecified atom stereocenters. The summed E-state index contributed by atoms with van der Waals surface area (Å²) in [4.78, 5) is 25.7. The minimum absolute atomic E-state index is 0.0303. The molecule has 1 saturated carbocycles. The fraction of sp³-hybridized carbons (Fsp3) is 0.714. The van der Waals surface area contributed by atoms with E-state index in [-0.39, 0.29) is 36.4 Å². The summed E-state index contributed by atoms with van der Waals surface area (Å²) in [7, 11) is 0. The number of rotatable bonds is 4. The van der Waals surface area contributed by atoms with E-state index in [9.17, 15) is 9.59 Å². The lowest BCUT2D eigenvalue weighted by atomic mass is 10.2. The maximum Gasteiger partial charge on any atom is 0.247 e. The molecule has 1 heterocycles. The van der Waals surface area contributed by atoms with Crippen molar-refractivity contribution in [3.8, 4) is 12.3 Å². The van der Waals surface area contributed by atoms with E-state index >= 15 is 0 Å². The van der Waals surface area contributed by atoms with Gasteiger partial charge in [-0.15, -0.1) is 12.3 Å². The highest BCUT2D eigenvalue weighted by Crippen LogP contribution is 2.28. The number of hydrogen-bond donors (Lipinski definition) is 1. The Bertz CT molecular complexity index is 380. The van der Waals surface area contributed by atoms with Gasteiger partial charge in [-0.1, -0.05) is 12.8 Å². The minimum Gasteiger partial charge on any atom is -0.302 e. The van der Waals surface area contributed by atoms with Crippen LogP contribution in [0.15, 0.2) is 0 Å². The normalized spacial score (nSPS) is 26.7. The molecule has 2 aliphatic rings. The second-order valence-corrected chi connectivity index (χ2v) is 5.27. The summed E-state index contributed by atoms with van der Waals surface area (Å²) in [5.41, 5.74) is 0. The van der Waals surface area contributed by atoms with E-state index in [2.05, 4.69) is 11.2 Å². The van der Waals surface area contributed by atoms with Gasteiger partial charge in [-0.2, -0.15) is 0 Å². The maximum atomic E-state index is 12.2. The van der Waals surface area contributed by atoms with Crippen molar-refractivity contribution >= 4 is 11.8 Å². The quantitative estimate of drug-likeness (QED) is 0.598. The lowest BCUT2D eigenvalue weighted by molar-refractivity contribution is -0.141. The summed E-state index contributed by atoms with van der Waals surface area (Å²) < 4.78 is 0. The summed E-state index contributed by atoms with van der Waals surface area (Å²) in [6, 6.07) is -0.165. The van der Waals surface area contributed by atoms with E-state index in [4.69, 9.17) is 6.42 Å². The Kier molecular flexibility index (Phi) is 4.03. The number of terminal acetylenes is 1. The van der Waals surface area contributed by atoms with Crippen molar-refractivity contribution in [2.45, 2.75) is 63.6 Å². The molecule has 1 aliphatic carbocycles. The number of nitrogens with zero attached hydrogens (tertiary/aromatic N) is 1. The van der Waals surface area contributed by atoms with Gasteiger partial charge in [0.25, 0.3) is 0 Å². The zero-order valence-electron chi connectivity index (χ0n) is 10.8. The molecule has 0 bridgehead atoms. The Morgan fingerprint density at radius 2 is 2.11 bits per heavy atom. The zero-order valence-corrected chi connectivity index (χ0v) is 10.8. The van der Waals surface area contributed by atoms with Crippen LogP contribution in [-0.2, 0) is 9.59 Å². The van der Waals surface area contributed by atoms with E-state index in [1.54, 1.807) is 0 Å². The molecule has 2 rings (SSSR count). The highest BCUT2D eigenvalue weighted by molar-refractivity contribution is 6.05. The van der Waals surface area contributed by atoms with E-state index in [1.807, 2.05) is 6.92 Å². The first-order valence-electron chi connectivity index (χ1n) is 6.69. The van der Waals surface area contributed by atoms with E-state index in [0.29, 0.717) is 6.42 Å². The molecule has 18 heavy (non-hydrogen) atoms. The molecule has 98 valence electrons. The van der Waals surface area contributed by atoms with Crippen LogP contribution >= 0.6 is 0 Å². The van der Waals surface area contributed by atoms with Gasteiger partial charge in [0, 0.05) is 18.5 Å². The number of likely N-dealkylation sites (tertiary alicyclic amines) is 1. The summed E-state index contributed by atoms with van der Waals surface area (Å²) in [6.07, 6.45) is 10.3. The van der Waals surface area contributed by atoms with Gasteiger partial charge >= 0.3 is 0 Å². The van der Waals surface area contributed by atoms with Gasteiger partial charge in [-0.05, 0) is 19.8 Å². The van der Waals surface area contributed by atoms with Crippen LogP contribution < -0.4 is 5.32 Å². The van der Waals surface area contributed by atoms with Gasteiger partial charge in [0.15, 0.2) is 0 Å². The van der Waals surface area contributed by atoms with Gasteiger partial charge in [0.05, 0.1) is 12.5 Å². The lowest BCUT2D eigenvalue weighted by Crippen LogP contribution is -2.45. The van der Waals surface area contributed by atoms with Crippen LogP contribution in [0.2, 0.25) is 0 Å². The molecule has 4 nitrogen and oxygen atoms in total. The number of amides is 2. The Balaban J connectivity index is 1.98. The molecule has 0 radical (unpaired) electrons. The van der Waals surface area contributed by atoms with Crippen molar-refractivity contribution in [1.29, 1.82) is 0 Å². The molecule has 2 atom stereocenters. The van der Waals surface area contributed by atoms with Crippen LogP contribution in [0.25, 0.3) is 0 Å². The largest absolute Gasteiger partial charge is 0.302 e. The smallest absolute Gasteiger partial charge is 0.247 e. The third-order valence-electron chi connectivity index (χ3n) is 3.78. The molecule has 0 aromatic heterocycles. The van der Waals surface area contributed by atoms with Crippen molar-refractivity contribution < 1.29 is 9.59 Å². The Labute approximate surface area is 108 Å². The van der Waals surface area contributed by atoms with Crippen molar-refractivity contribution in [1.82, 2.24) is 10.2 Å². The van der Waals surface area contributed by atoms with Gasteiger partial charge in [-0.25, -0.2) is 0 Å². The SMILES string of the molecule is C#CCC(C)NC1CC(=O)N(C2CCCC2)C1=O. The monoisotopic (exact) mass is 248 g/mol. The maximum absolute atomic E-state index is 12.2. The fourth-order valence-corrected chi connectivity index (χ4v) is 2.91. The molecule has 2 fully saturated rings. The Hall–Kier alpha value is -1.34. The summed E-state index contributed by atoms with van der Waals surface area (Å²) in [5.74, 6) is 2.47. The van der Waals surface area contributed by atoms with Crippen LogP contribution in [0, 0.1) is 12.3 Å². The highest BCUT2D eigenvalue weighted by Gasteiger charge is 2.43. The predicted molar refractivity (Wildman–Crippen MR) is 68.6 cm³/mol. The minimum atomic E-state index is -0.374. The number of hydrogen-bond acceptors (Lipinski definition) is 3. The third kappa shape index (κ3) is 2.56. The Morgan fingerprint density at radius 1 is 1.44 bits per heavy atom. The molecule has 1 aliphatic heterocycles. The molecule has 0 aromatic rings. The van der Waals surface area contributed by atoms with Crippen LogP contribution in [0.5, 0.6) is 0 Å². The molecule has 0 spiro atoms. The third-order valence-corrected chi connectivity index (χ3v) is 3.78. The van der Waals surface area contributed by atoms with Gasteiger partial charge in [0.1, 0.15) is 0 Å². The van der Waals surface area contributed by atoms with Crippen molar-refractivity contribution in [3.63, 3.8) is 0 Å². The van der Waals surface area contributed by atoms with Crippen molar-refractivity contribution in [2.24, 2.45) is 0 Å². The van der Waals surface area contributed by atoms with Gasteiger partial charge in [-0.3, -0.25) is 14.5 Å². The molecule has 4 heteroatoms. The molecule has 1 saturated heterocycles. The van der Waals surface area contributed by atoms with E-state index in [1.165, 1.54) is 4.90 Å². The second kappa shape index (κ2) is 5.53. The van der Waals surface area contributed by atoms with E-state index < -0.39 is 0 Å². The molecule has 1 N–H and O–H groups in total. The van der Waals surface area contributed by atoms with Gasteiger partial charge < -0.3 is 5.32 Å². The number of nitrogens with one attached hydrogen (secondary N) is 1. The standard InChI is InChI=1S/C14H20N2O2/c1-3-6-10(2)15-12-9-13(17)16(14(12)18)11-7-4-5-8-11/h1,10-12,15H,4-9H2,2H3. The summed E-state index contributed by atoms with van der Waals surface area (Å²) in [6.45, 7) is 1.94. The first-order valence-corrected chi connectivity index (χ1v) is 6.69. The molecule has 0 aromatic carbocycles. The number of imide groups is 1. The first-order chi connectivity index (χ1) is 8.63. The fourth-order valence-electron chi connectivity index (χ4n) is 2.91. The number of carbonyl (C=O) groups excluding carboxylic acids is 2. The van der Waals surface area contributed by atoms with Crippen LogP contribution in [-0.4, -0.2) is 34.8 Å². The average molecular weight is 248 g/mol. The second-order valence-electron chi connectivity index (χ2n) is 5.27. The van der Waals surface area contributed by atoms with Crippen molar-refractivity contribution in [2.75, 3.05) is 0 Å². The van der Waals surface area contributed by atoms with Crippen molar-refractivity contribution in [3.05, 3.63) is 0 Å². The molecule has 2 amide bonds. The van der Waals surface area contributed by atoms with Gasteiger partial charge in [0.2, 0.25) is 11.8 Å². The first kappa shape index (κ1) is 13.1. The van der Waals surface area contributed by atoms with E-state index in [0.717, 1.165) is 25.7 Å². The van der Waals surface area contributed by atoms with Crippen LogP contribution in [0.1, 0.15) is 45.4 Å². The molecular weight excluding hydrogens is 228 g/mol. The zero-order chi connectivity index (χ0) is 13.1. The topological polar surface area (TPSA) is 49.4 Å². The van der Waals surface area contributed by atoms with Crippen LogP contribution in [0.4, 0.5) is 0 Å². The summed E-state index contributed by atoms with van der Waals surface area (Å²) >= 11 is 0.